The zero-order valence-electron chi connectivity index (χ0n) is 10.7. The maximum atomic E-state index is 10.5. The van der Waals surface area contributed by atoms with E-state index in [1.54, 1.807) is 12.2 Å². The average molecular weight is 278 g/mol. The van der Waals surface area contributed by atoms with Crippen molar-refractivity contribution in [3.05, 3.63) is 25.3 Å². The summed E-state index contributed by atoms with van der Waals surface area (Å²) in [6.45, 7) is 6.49. The molecule has 0 saturated heterocycles. The van der Waals surface area contributed by atoms with Crippen LogP contribution in [0, 0.1) is 0 Å². The first-order chi connectivity index (χ1) is 8.95. The molecule has 0 spiro atoms. The molecule has 0 heterocycles. The van der Waals surface area contributed by atoms with Crippen LogP contribution in [0.5, 0.6) is 0 Å². The van der Waals surface area contributed by atoms with Crippen LogP contribution in [0.3, 0.4) is 0 Å². The fourth-order valence-electron chi connectivity index (χ4n) is 0.837. The van der Waals surface area contributed by atoms with Gasteiger partial charge in [-0.25, -0.2) is 0 Å². The fraction of sp³-hybridized carbons (Fsp3) is 0.583. The van der Waals surface area contributed by atoms with Gasteiger partial charge in [0.15, 0.2) is 5.78 Å². The second kappa shape index (κ2) is 13.3. The van der Waals surface area contributed by atoms with Crippen molar-refractivity contribution in [1.29, 1.82) is 0 Å². The van der Waals surface area contributed by atoms with E-state index in [1.807, 2.05) is 0 Å². The van der Waals surface area contributed by atoms with E-state index in [1.165, 1.54) is 0 Å². The molecule has 0 radical (unpaired) electrons. The lowest BCUT2D eigenvalue weighted by Crippen LogP contribution is -2.44. The Morgan fingerprint density at radius 3 is 1.89 bits per heavy atom. The lowest BCUT2D eigenvalue weighted by Gasteiger charge is -2.19. The van der Waals surface area contributed by atoms with Crippen LogP contribution < -0.4 is 0 Å². The Kier molecular flexibility index (Phi) is 14.2. The number of hydrogen-bond acceptors (Lipinski definition) is 7. The van der Waals surface area contributed by atoms with Crippen molar-refractivity contribution in [2.45, 2.75) is 18.3 Å². The highest BCUT2D eigenvalue weighted by Gasteiger charge is 2.28. The van der Waals surface area contributed by atoms with Crippen LogP contribution in [0.1, 0.15) is 0 Å². The van der Waals surface area contributed by atoms with E-state index in [0.29, 0.717) is 13.2 Å². The summed E-state index contributed by atoms with van der Waals surface area (Å²) in [6, 6.07) is 0. The van der Waals surface area contributed by atoms with E-state index < -0.39 is 37.3 Å². The standard InChI is InChI=1S/C6H12O6.C6H10O/c7-1-3(9)5(11)6(12)4(10)2-8;1-3-5-7-6-4-2/h3,5-9,11-12H,1-2H2;3-4H,1-2,5-6H2/t3-,5-,6-;/m1./s1. The number of rotatable bonds is 9. The summed E-state index contributed by atoms with van der Waals surface area (Å²) in [7, 11) is 0. The van der Waals surface area contributed by atoms with Crippen LogP contribution in [-0.2, 0) is 9.53 Å². The molecule has 3 atom stereocenters. The maximum absolute atomic E-state index is 10.5. The zero-order chi connectivity index (χ0) is 15.3. The molecule has 0 aliphatic heterocycles. The van der Waals surface area contributed by atoms with E-state index in [-0.39, 0.29) is 0 Å². The first kappa shape index (κ1) is 20.2. The minimum Gasteiger partial charge on any atom is -0.394 e. The number of ketones is 1. The third-order valence-electron chi connectivity index (χ3n) is 1.86. The molecule has 112 valence electrons. The molecule has 0 aromatic rings. The second-order valence-electron chi connectivity index (χ2n) is 3.42. The van der Waals surface area contributed by atoms with Crippen molar-refractivity contribution in [3.63, 3.8) is 0 Å². The molecule has 0 aromatic carbocycles. The molecule has 19 heavy (non-hydrogen) atoms. The number of aliphatic hydroxyl groups is 5. The van der Waals surface area contributed by atoms with Crippen molar-refractivity contribution >= 4 is 5.78 Å². The van der Waals surface area contributed by atoms with Gasteiger partial charge >= 0.3 is 0 Å². The molecule has 0 fully saturated rings. The minimum atomic E-state index is -1.86. The third kappa shape index (κ3) is 10.5. The molecule has 0 amide bonds. The van der Waals surface area contributed by atoms with Gasteiger partial charge in [-0.3, -0.25) is 4.79 Å². The van der Waals surface area contributed by atoms with Gasteiger partial charge in [-0.1, -0.05) is 12.2 Å². The topological polar surface area (TPSA) is 127 Å². The number of carbonyl (C=O) groups excluding carboxylic acids is 1. The van der Waals surface area contributed by atoms with Crippen molar-refractivity contribution < 1.29 is 35.1 Å². The van der Waals surface area contributed by atoms with Crippen molar-refractivity contribution in [2.75, 3.05) is 26.4 Å². The number of hydrogen-bond donors (Lipinski definition) is 5. The quantitative estimate of drug-likeness (QED) is 0.244. The molecule has 5 N–H and O–H groups in total. The van der Waals surface area contributed by atoms with E-state index >= 15 is 0 Å². The van der Waals surface area contributed by atoms with Crippen LogP contribution in [0.4, 0.5) is 0 Å². The maximum Gasteiger partial charge on any atom is 0.189 e. The molecule has 0 rings (SSSR count). The van der Waals surface area contributed by atoms with E-state index in [4.69, 9.17) is 30.3 Å². The molecule has 0 aliphatic carbocycles. The lowest BCUT2D eigenvalue weighted by molar-refractivity contribution is -0.142. The fourth-order valence-corrected chi connectivity index (χ4v) is 0.837. The monoisotopic (exact) mass is 278 g/mol. The summed E-state index contributed by atoms with van der Waals surface area (Å²) in [5.41, 5.74) is 0. The lowest BCUT2D eigenvalue weighted by atomic mass is 10.1. The number of aliphatic hydroxyl groups excluding tert-OH is 5. The Morgan fingerprint density at radius 1 is 1.11 bits per heavy atom. The predicted octanol–water partition coefficient (Wildman–Crippen LogP) is -2.00. The minimum absolute atomic E-state index is 0.617. The van der Waals surface area contributed by atoms with Crippen molar-refractivity contribution in [2.24, 2.45) is 0 Å². The summed E-state index contributed by atoms with van der Waals surface area (Å²) >= 11 is 0. The van der Waals surface area contributed by atoms with Gasteiger partial charge in [0.2, 0.25) is 0 Å². The van der Waals surface area contributed by atoms with Crippen molar-refractivity contribution in [1.82, 2.24) is 0 Å². The molecular formula is C12H22O7. The molecule has 7 nitrogen and oxygen atoms in total. The van der Waals surface area contributed by atoms with Crippen LogP contribution >= 0.6 is 0 Å². The van der Waals surface area contributed by atoms with Crippen LogP contribution in [0.2, 0.25) is 0 Å². The highest BCUT2D eigenvalue weighted by molar-refractivity contribution is 5.84. The van der Waals surface area contributed by atoms with Crippen LogP contribution in [0.25, 0.3) is 0 Å². The summed E-state index contributed by atoms with van der Waals surface area (Å²) in [5.74, 6) is -1.00. The normalized spacial score (nSPS) is 14.6. The summed E-state index contributed by atoms with van der Waals surface area (Å²) in [4.78, 5) is 10.5. The molecule has 0 saturated carbocycles. The Labute approximate surface area is 112 Å². The second-order valence-corrected chi connectivity index (χ2v) is 3.42. The van der Waals surface area contributed by atoms with E-state index in [0.717, 1.165) is 0 Å². The molecule has 0 unspecified atom stereocenters. The van der Waals surface area contributed by atoms with Crippen LogP contribution in [-0.4, -0.2) is 76.1 Å². The van der Waals surface area contributed by atoms with Gasteiger partial charge in [0, 0.05) is 0 Å². The highest BCUT2D eigenvalue weighted by Crippen LogP contribution is 2.00. The third-order valence-corrected chi connectivity index (χ3v) is 1.86. The molecule has 7 heteroatoms. The zero-order valence-corrected chi connectivity index (χ0v) is 10.7. The van der Waals surface area contributed by atoms with Gasteiger partial charge in [0.05, 0.1) is 19.8 Å². The summed E-state index contributed by atoms with van der Waals surface area (Å²) in [5, 5.41) is 43.1. The van der Waals surface area contributed by atoms with Gasteiger partial charge in [-0.05, 0) is 0 Å². The van der Waals surface area contributed by atoms with Gasteiger partial charge in [0.1, 0.15) is 24.9 Å². The highest BCUT2D eigenvalue weighted by atomic mass is 16.5. The Balaban J connectivity index is 0. The van der Waals surface area contributed by atoms with Gasteiger partial charge in [0.25, 0.3) is 0 Å². The first-order valence-corrected chi connectivity index (χ1v) is 5.54. The van der Waals surface area contributed by atoms with Crippen molar-refractivity contribution in [3.8, 4) is 0 Å². The summed E-state index contributed by atoms with van der Waals surface area (Å²) in [6.07, 6.45) is -1.80. The van der Waals surface area contributed by atoms with Crippen LogP contribution in [0.15, 0.2) is 25.3 Å². The van der Waals surface area contributed by atoms with Gasteiger partial charge in [-0.15, -0.1) is 13.2 Å². The van der Waals surface area contributed by atoms with Gasteiger partial charge < -0.3 is 30.3 Å². The molecule has 0 aliphatic rings. The largest absolute Gasteiger partial charge is 0.394 e. The number of carbonyl (C=O) groups is 1. The first-order valence-electron chi connectivity index (χ1n) is 5.54. The molecular weight excluding hydrogens is 256 g/mol. The molecule has 0 aromatic heterocycles. The Bertz CT molecular complexity index is 246. The van der Waals surface area contributed by atoms with Gasteiger partial charge in [-0.2, -0.15) is 0 Å². The summed E-state index contributed by atoms with van der Waals surface area (Å²) < 4.78 is 4.90. The number of ether oxygens (including phenoxy) is 1. The van der Waals surface area contributed by atoms with E-state index in [9.17, 15) is 4.79 Å². The van der Waals surface area contributed by atoms with E-state index in [2.05, 4.69) is 13.2 Å². The predicted molar refractivity (Wildman–Crippen MR) is 68.4 cm³/mol. The number of Topliss-reactive ketones (excluding diaryl/α,β-unsaturated/α-hetero) is 1. The average Bonchev–Trinajstić information content (AvgIpc) is 2.45. The smallest absolute Gasteiger partial charge is 0.189 e. The SMILES string of the molecule is C=CCOCC=C.O=C(CO)[C@@H](O)[C@H](O)[C@H](O)CO. The Hall–Kier alpha value is -1.09. The Morgan fingerprint density at radius 2 is 1.58 bits per heavy atom. The molecule has 0 bridgehead atoms.